The van der Waals surface area contributed by atoms with Crippen LogP contribution in [0.25, 0.3) is 0 Å². The SMILES string of the molecule is C[C@H]1[C@H](Nc2cnn(CC(=O)NCC3(O)CCCCCC3)c(=O)c2Cl)C[C@H]2C[C@@H]1C2(C)C. The Morgan fingerprint density at radius 1 is 1.25 bits per heavy atom. The minimum Gasteiger partial charge on any atom is -0.388 e. The van der Waals surface area contributed by atoms with Gasteiger partial charge in [0.25, 0.3) is 5.56 Å². The molecule has 0 aromatic carbocycles. The van der Waals surface area contributed by atoms with Crippen LogP contribution < -0.4 is 16.2 Å². The summed E-state index contributed by atoms with van der Waals surface area (Å²) in [4.78, 5) is 25.2. The molecule has 0 saturated heterocycles. The van der Waals surface area contributed by atoms with Gasteiger partial charge in [-0.3, -0.25) is 9.59 Å². The van der Waals surface area contributed by atoms with Gasteiger partial charge in [-0.25, -0.2) is 4.68 Å². The maximum Gasteiger partial charge on any atom is 0.288 e. The fourth-order valence-electron chi connectivity index (χ4n) is 6.24. The molecule has 0 radical (unpaired) electrons. The van der Waals surface area contributed by atoms with E-state index >= 15 is 0 Å². The number of carbonyl (C=O) groups is 1. The number of aliphatic hydroxyl groups is 1. The van der Waals surface area contributed by atoms with Crippen LogP contribution >= 0.6 is 11.6 Å². The van der Waals surface area contributed by atoms with E-state index in [0.29, 0.717) is 41.7 Å². The third-order valence-electron chi connectivity index (χ3n) is 8.62. The van der Waals surface area contributed by atoms with Crippen LogP contribution in [-0.2, 0) is 11.3 Å². The number of nitrogens with one attached hydrogen (secondary N) is 2. The van der Waals surface area contributed by atoms with Gasteiger partial charge in [-0.15, -0.1) is 0 Å². The summed E-state index contributed by atoms with van der Waals surface area (Å²) in [7, 11) is 0. The standard InChI is InChI=1S/C24H37ClN4O3/c1-15-17-10-16(23(17,2)3)11-18(15)28-19-12-27-29(22(31)21(19)25)13-20(30)26-14-24(32)8-6-4-5-7-9-24/h12,15-18,28,32H,4-11,13-14H2,1-3H3,(H,26,30)/t15-,16-,17+,18-/m1/s1. The van der Waals surface area contributed by atoms with E-state index in [-0.39, 0.29) is 30.1 Å². The molecular formula is C24H37ClN4O3. The van der Waals surface area contributed by atoms with Gasteiger partial charge in [-0.05, 0) is 48.9 Å². The molecule has 1 amide bonds. The molecule has 2 bridgehead atoms. The lowest BCUT2D eigenvalue weighted by atomic mass is 9.45. The summed E-state index contributed by atoms with van der Waals surface area (Å²) in [6, 6.07) is 0.268. The molecule has 4 atom stereocenters. The van der Waals surface area contributed by atoms with Crippen molar-refractivity contribution in [1.29, 1.82) is 0 Å². The average Bonchev–Trinajstić information content (AvgIpc) is 2.97. The van der Waals surface area contributed by atoms with E-state index in [1.165, 1.54) is 6.42 Å². The second-order valence-electron chi connectivity index (χ2n) is 11.0. The fraction of sp³-hybridized carbons (Fsp3) is 0.792. The molecule has 1 aromatic rings. The molecule has 178 valence electrons. The zero-order valence-electron chi connectivity index (χ0n) is 19.5. The summed E-state index contributed by atoms with van der Waals surface area (Å²) in [6.07, 6.45) is 9.45. The maximum atomic E-state index is 12.7. The molecule has 0 aliphatic heterocycles. The van der Waals surface area contributed by atoms with E-state index in [1.807, 2.05) is 0 Å². The van der Waals surface area contributed by atoms with E-state index < -0.39 is 11.2 Å². The number of hydrogen-bond donors (Lipinski definition) is 3. The first-order valence-corrected chi connectivity index (χ1v) is 12.5. The van der Waals surface area contributed by atoms with Crippen LogP contribution in [0.5, 0.6) is 0 Å². The lowest BCUT2D eigenvalue weighted by Crippen LogP contribution is -2.58. The van der Waals surface area contributed by atoms with Crippen LogP contribution in [0.4, 0.5) is 5.69 Å². The van der Waals surface area contributed by atoms with Crippen molar-refractivity contribution in [3.63, 3.8) is 0 Å². The first-order chi connectivity index (χ1) is 15.1. The molecule has 8 heteroatoms. The zero-order valence-corrected chi connectivity index (χ0v) is 20.2. The fourth-order valence-corrected chi connectivity index (χ4v) is 6.44. The van der Waals surface area contributed by atoms with E-state index in [2.05, 4.69) is 36.5 Å². The van der Waals surface area contributed by atoms with E-state index in [4.69, 9.17) is 11.6 Å². The molecule has 5 rings (SSSR count). The topological polar surface area (TPSA) is 96.2 Å². The molecule has 0 spiro atoms. The Morgan fingerprint density at radius 3 is 2.56 bits per heavy atom. The van der Waals surface area contributed by atoms with Crippen LogP contribution in [0.1, 0.15) is 72.1 Å². The summed E-state index contributed by atoms with van der Waals surface area (Å²) in [6.45, 7) is 6.97. The first-order valence-electron chi connectivity index (χ1n) is 12.1. The van der Waals surface area contributed by atoms with Crippen LogP contribution in [-0.4, -0.2) is 39.0 Å². The Hall–Kier alpha value is -1.60. The Kier molecular flexibility index (Phi) is 6.61. The van der Waals surface area contributed by atoms with E-state index in [9.17, 15) is 14.7 Å². The second kappa shape index (κ2) is 8.98. The quantitative estimate of drug-likeness (QED) is 0.559. The highest BCUT2D eigenvalue weighted by Gasteiger charge is 2.56. The molecular weight excluding hydrogens is 428 g/mol. The van der Waals surface area contributed by atoms with Gasteiger partial charge in [0.05, 0.1) is 17.5 Å². The predicted molar refractivity (Wildman–Crippen MR) is 126 cm³/mol. The lowest BCUT2D eigenvalue weighted by Gasteiger charge is -2.62. The molecule has 32 heavy (non-hydrogen) atoms. The van der Waals surface area contributed by atoms with Gasteiger partial charge in [-0.2, -0.15) is 5.10 Å². The minimum atomic E-state index is -0.859. The summed E-state index contributed by atoms with van der Waals surface area (Å²) in [5, 5.41) is 21.2. The zero-order chi connectivity index (χ0) is 23.1. The monoisotopic (exact) mass is 464 g/mol. The molecule has 7 nitrogen and oxygen atoms in total. The number of aromatic nitrogens is 2. The van der Waals surface area contributed by atoms with Crippen molar-refractivity contribution in [3.05, 3.63) is 21.6 Å². The molecule has 4 saturated carbocycles. The second-order valence-corrected chi connectivity index (χ2v) is 11.3. The number of fused-ring (bicyclic) bond motifs is 2. The van der Waals surface area contributed by atoms with Gasteiger partial charge in [-0.1, -0.05) is 58.1 Å². The van der Waals surface area contributed by atoms with E-state index in [1.54, 1.807) is 6.20 Å². The van der Waals surface area contributed by atoms with Crippen LogP contribution in [0, 0.1) is 23.2 Å². The first kappa shape index (κ1) is 23.6. The Bertz CT molecular complexity index is 907. The van der Waals surface area contributed by atoms with Crippen molar-refractivity contribution >= 4 is 23.2 Å². The van der Waals surface area contributed by atoms with Crippen molar-refractivity contribution in [2.75, 3.05) is 11.9 Å². The Labute approximate surface area is 195 Å². The van der Waals surface area contributed by atoms with Gasteiger partial charge in [0, 0.05) is 12.6 Å². The lowest BCUT2D eigenvalue weighted by molar-refractivity contribution is -0.123. The highest BCUT2D eigenvalue weighted by atomic mass is 35.5. The van der Waals surface area contributed by atoms with Crippen molar-refractivity contribution < 1.29 is 9.90 Å². The third kappa shape index (κ3) is 4.56. The largest absolute Gasteiger partial charge is 0.388 e. The Balaban J connectivity index is 1.36. The predicted octanol–water partition coefficient (Wildman–Crippen LogP) is 3.58. The molecule has 4 aliphatic carbocycles. The number of amides is 1. The summed E-state index contributed by atoms with van der Waals surface area (Å²) in [5.41, 5.74) is -0.409. The molecule has 1 aromatic heterocycles. The molecule has 4 fully saturated rings. The van der Waals surface area contributed by atoms with Crippen molar-refractivity contribution in [2.45, 2.75) is 90.3 Å². The number of halogens is 1. The summed E-state index contributed by atoms with van der Waals surface area (Å²) >= 11 is 6.38. The van der Waals surface area contributed by atoms with Gasteiger partial charge in [0.2, 0.25) is 5.91 Å². The smallest absolute Gasteiger partial charge is 0.288 e. The van der Waals surface area contributed by atoms with Gasteiger partial charge in [0.15, 0.2) is 0 Å². The highest BCUT2D eigenvalue weighted by Crippen LogP contribution is 2.61. The van der Waals surface area contributed by atoms with Crippen LogP contribution in [0.2, 0.25) is 5.02 Å². The molecule has 4 aliphatic rings. The molecule has 3 N–H and O–H groups in total. The van der Waals surface area contributed by atoms with Crippen LogP contribution in [0.3, 0.4) is 0 Å². The normalized spacial score (nSPS) is 30.7. The minimum absolute atomic E-state index is 0.0703. The number of nitrogens with zero attached hydrogens (tertiary/aromatic N) is 2. The number of anilines is 1. The van der Waals surface area contributed by atoms with Gasteiger partial charge in [0.1, 0.15) is 11.6 Å². The molecule has 0 unspecified atom stereocenters. The maximum absolute atomic E-state index is 12.7. The summed E-state index contributed by atoms with van der Waals surface area (Å²) < 4.78 is 1.09. The highest BCUT2D eigenvalue weighted by molar-refractivity contribution is 6.32. The van der Waals surface area contributed by atoms with Crippen LogP contribution in [0.15, 0.2) is 11.0 Å². The van der Waals surface area contributed by atoms with Crippen molar-refractivity contribution in [1.82, 2.24) is 15.1 Å². The average molecular weight is 465 g/mol. The summed E-state index contributed by atoms with van der Waals surface area (Å²) in [5.74, 6) is 1.52. The van der Waals surface area contributed by atoms with Gasteiger partial charge >= 0.3 is 0 Å². The third-order valence-corrected chi connectivity index (χ3v) is 8.99. The number of hydrogen-bond acceptors (Lipinski definition) is 5. The number of rotatable bonds is 6. The van der Waals surface area contributed by atoms with E-state index in [0.717, 1.165) is 36.8 Å². The number of carbonyl (C=O) groups excluding carboxylic acids is 1. The van der Waals surface area contributed by atoms with Gasteiger partial charge < -0.3 is 15.7 Å². The van der Waals surface area contributed by atoms with Crippen molar-refractivity contribution in [2.24, 2.45) is 23.2 Å². The Morgan fingerprint density at radius 2 is 1.94 bits per heavy atom. The van der Waals surface area contributed by atoms with Crippen molar-refractivity contribution in [3.8, 4) is 0 Å². The molecule has 1 heterocycles.